The number of aromatic nitrogens is 4. The zero-order valence-corrected chi connectivity index (χ0v) is 18.5. The van der Waals surface area contributed by atoms with Gasteiger partial charge in [-0.1, -0.05) is 37.3 Å². The molecule has 2 heterocycles. The van der Waals surface area contributed by atoms with Crippen LogP contribution in [0.4, 0.5) is 13.2 Å². The van der Waals surface area contributed by atoms with Crippen LogP contribution in [-0.4, -0.2) is 19.6 Å². The fraction of sp³-hybridized carbons (Fsp3) is 0.280. The van der Waals surface area contributed by atoms with Crippen LogP contribution in [0.2, 0.25) is 0 Å². The molecule has 0 bridgehead atoms. The van der Waals surface area contributed by atoms with Crippen LogP contribution in [-0.2, 0) is 19.0 Å². The normalized spacial score (nSPS) is 11.8. The molecule has 2 aromatic heterocycles. The fourth-order valence-electron chi connectivity index (χ4n) is 3.91. The summed E-state index contributed by atoms with van der Waals surface area (Å²) in [6.45, 7) is 7.65. The molecule has 0 atom stereocenters. The summed E-state index contributed by atoms with van der Waals surface area (Å²) in [7, 11) is 0. The zero-order chi connectivity index (χ0) is 23.0. The molecule has 2 aromatic carbocycles. The summed E-state index contributed by atoms with van der Waals surface area (Å²) in [6.07, 6.45) is -2.17. The van der Waals surface area contributed by atoms with Gasteiger partial charge in [0.25, 0.3) is 0 Å². The first kappa shape index (κ1) is 21.9. The van der Waals surface area contributed by atoms with Crippen molar-refractivity contribution in [2.75, 3.05) is 0 Å². The van der Waals surface area contributed by atoms with Gasteiger partial charge in [-0.15, -0.1) is 0 Å². The molecule has 0 aliphatic rings. The second kappa shape index (κ2) is 8.30. The summed E-state index contributed by atoms with van der Waals surface area (Å²) in [5, 5.41) is 8.63. The van der Waals surface area contributed by atoms with E-state index in [4.69, 9.17) is 0 Å². The Morgan fingerprint density at radius 2 is 1.75 bits per heavy atom. The van der Waals surface area contributed by atoms with Gasteiger partial charge in [0, 0.05) is 23.9 Å². The van der Waals surface area contributed by atoms with E-state index in [0.717, 1.165) is 28.9 Å². The topological polar surface area (TPSA) is 35.6 Å². The monoisotopic (exact) mass is 437 g/mol. The van der Waals surface area contributed by atoms with Crippen molar-refractivity contribution in [2.45, 2.75) is 46.7 Å². The molecule has 1 radical (unpaired) electrons. The molecule has 4 nitrogen and oxygen atoms in total. The maximum Gasteiger partial charge on any atom is 0.435 e. The quantitative estimate of drug-likeness (QED) is 0.386. The maximum atomic E-state index is 13.9. The third kappa shape index (κ3) is 4.07. The van der Waals surface area contributed by atoms with Crippen molar-refractivity contribution < 1.29 is 13.2 Å². The van der Waals surface area contributed by atoms with Crippen molar-refractivity contribution in [2.24, 2.45) is 0 Å². The highest BCUT2D eigenvalue weighted by atomic mass is 19.4. The smallest absolute Gasteiger partial charge is 0.238 e. The predicted molar refractivity (Wildman–Crippen MR) is 117 cm³/mol. The van der Waals surface area contributed by atoms with Gasteiger partial charge >= 0.3 is 6.18 Å². The van der Waals surface area contributed by atoms with Crippen molar-refractivity contribution in [1.29, 1.82) is 0 Å². The number of rotatable bonds is 5. The van der Waals surface area contributed by atoms with Crippen LogP contribution in [0.1, 0.15) is 46.3 Å². The number of alkyl halides is 3. The Kier molecular flexibility index (Phi) is 5.67. The standard InChI is InChI=1S/C25H24F3N4/c1-5-21-13-18(4)32(29-21)22-12-8-10-17(3)23(22)31-15-20(24(30-31)25(26,27)28)14-19-11-7-6-9-16(19)2/h6-9,11-13,15H,5,14H2,1-4H3. The van der Waals surface area contributed by atoms with Crippen LogP contribution in [0.25, 0.3) is 11.4 Å². The highest BCUT2D eigenvalue weighted by Crippen LogP contribution is 2.34. The van der Waals surface area contributed by atoms with E-state index in [2.05, 4.69) is 16.3 Å². The van der Waals surface area contributed by atoms with Crippen LogP contribution < -0.4 is 0 Å². The molecule has 4 aromatic rings. The van der Waals surface area contributed by atoms with E-state index >= 15 is 0 Å². The minimum absolute atomic E-state index is 0.132. The second-order valence-corrected chi connectivity index (χ2v) is 7.93. The molecule has 0 fully saturated rings. The summed E-state index contributed by atoms with van der Waals surface area (Å²) in [5.41, 5.74) is 4.73. The molecule has 7 heteroatoms. The molecule has 0 saturated carbocycles. The lowest BCUT2D eigenvalue weighted by Crippen LogP contribution is -2.12. The Balaban J connectivity index is 1.89. The van der Waals surface area contributed by atoms with Gasteiger partial charge in [-0.25, -0.2) is 9.36 Å². The maximum absolute atomic E-state index is 13.9. The number of hydrogen-bond acceptors (Lipinski definition) is 2. The largest absolute Gasteiger partial charge is 0.435 e. The Bertz CT molecular complexity index is 1260. The van der Waals surface area contributed by atoms with E-state index in [1.165, 1.54) is 10.9 Å². The molecule has 4 rings (SSSR count). The van der Waals surface area contributed by atoms with Crippen molar-refractivity contribution in [1.82, 2.24) is 19.6 Å². The lowest BCUT2D eigenvalue weighted by Gasteiger charge is -2.14. The SMILES string of the molecule is CCc1cc(C)n(-c2cc[c]c(C)c2-n2cc(Cc3ccccc3C)c(C(F)(F)F)n2)n1. The minimum atomic E-state index is -4.56. The molecule has 0 amide bonds. The second-order valence-electron chi connectivity index (χ2n) is 7.93. The molecular weight excluding hydrogens is 413 g/mol. The molecule has 32 heavy (non-hydrogen) atoms. The number of aryl methyl sites for hydroxylation is 4. The Labute approximate surface area is 185 Å². The fourth-order valence-corrected chi connectivity index (χ4v) is 3.91. The first-order chi connectivity index (χ1) is 15.2. The van der Waals surface area contributed by atoms with Crippen LogP contribution in [0.3, 0.4) is 0 Å². The minimum Gasteiger partial charge on any atom is -0.238 e. The van der Waals surface area contributed by atoms with E-state index in [1.54, 1.807) is 16.8 Å². The van der Waals surface area contributed by atoms with Gasteiger partial charge in [0.15, 0.2) is 5.69 Å². The van der Waals surface area contributed by atoms with Gasteiger partial charge in [-0.3, -0.25) is 0 Å². The molecular formula is C25H24F3N4. The van der Waals surface area contributed by atoms with E-state index in [1.807, 2.05) is 58.0 Å². The lowest BCUT2D eigenvalue weighted by atomic mass is 10.0. The molecule has 0 unspecified atom stereocenters. The van der Waals surface area contributed by atoms with Gasteiger partial charge in [0.05, 0.1) is 17.1 Å². The van der Waals surface area contributed by atoms with E-state index in [9.17, 15) is 13.2 Å². The Hall–Kier alpha value is -3.35. The summed E-state index contributed by atoms with van der Waals surface area (Å²) in [5.74, 6) is 0. The number of hydrogen-bond donors (Lipinski definition) is 0. The average molecular weight is 437 g/mol. The van der Waals surface area contributed by atoms with Crippen molar-refractivity contribution in [3.05, 3.63) is 94.1 Å². The van der Waals surface area contributed by atoms with Crippen molar-refractivity contribution >= 4 is 0 Å². The van der Waals surface area contributed by atoms with Crippen molar-refractivity contribution in [3.8, 4) is 11.4 Å². The lowest BCUT2D eigenvalue weighted by molar-refractivity contribution is -0.141. The Morgan fingerprint density at radius 3 is 2.41 bits per heavy atom. The molecule has 0 aliphatic carbocycles. The number of halogens is 3. The van der Waals surface area contributed by atoms with Crippen LogP contribution in [0.15, 0.2) is 48.7 Å². The van der Waals surface area contributed by atoms with Crippen LogP contribution in [0, 0.1) is 26.8 Å². The van der Waals surface area contributed by atoms with Gasteiger partial charge in [-0.05, 0) is 62.1 Å². The number of benzene rings is 2. The zero-order valence-electron chi connectivity index (χ0n) is 18.5. The average Bonchev–Trinajstić information content (AvgIpc) is 3.32. The van der Waals surface area contributed by atoms with Crippen LogP contribution >= 0.6 is 0 Å². The first-order valence-electron chi connectivity index (χ1n) is 10.5. The van der Waals surface area contributed by atoms with Crippen LogP contribution in [0.5, 0.6) is 0 Å². The van der Waals surface area contributed by atoms with Gasteiger partial charge in [0.1, 0.15) is 0 Å². The summed E-state index contributed by atoms with van der Waals surface area (Å²) in [6, 6.07) is 16.1. The third-order valence-electron chi connectivity index (χ3n) is 5.60. The molecule has 0 N–H and O–H groups in total. The molecule has 0 aliphatic heterocycles. The van der Waals surface area contributed by atoms with E-state index in [0.29, 0.717) is 16.9 Å². The number of nitrogens with zero attached hydrogens (tertiary/aromatic N) is 4. The van der Waals surface area contributed by atoms with Gasteiger partial charge in [-0.2, -0.15) is 23.4 Å². The summed E-state index contributed by atoms with van der Waals surface area (Å²) in [4.78, 5) is 0. The molecule has 165 valence electrons. The molecule has 0 spiro atoms. The summed E-state index contributed by atoms with van der Waals surface area (Å²) < 4.78 is 44.8. The van der Waals surface area contributed by atoms with Crippen molar-refractivity contribution in [3.63, 3.8) is 0 Å². The van der Waals surface area contributed by atoms with Gasteiger partial charge < -0.3 is 0 Å². The Morgan fingerprint density at radius 1 is 1.00 bits per heavy atom. The highest BCUT2D eigenvalue weighted by Gasteiger charge is 2.37. The highest BCUT2D eigenvalue weighted by molar-refractivity contribution is 5.57. The van der Waals surface area contributed by atoms with Gasteiger partial charge in [0.2, 0.25) is 0 Å². The summed E-state index contributed by atoms with van der Waals surface area (Å²) >= 11 is 0. The van der Waals surface area contributed by atoms with E-state index < -0.39 is 11.9 Å². The third-order valence-corrected chi connectivity index (χ3v) is 5.60. The molecule has 0 saturated heterocycles. The predicted octanol–water partition coefficient (Wildman–Crippen LogP) is 5.96. The first-order valence-corrected chi connectivity index (χ1v) is 10.5. The van der Waals surface area contributed by atoms with E-state index in [-0.39, 0.29) is 12.0 Å².